The lowest BCUT2D eigenvalue weighted by atomic mass is 10.1. The van der Waals surface area contributed by atoms with E-state index in [9.17, 15) is 4.79 Å². The van der Waals surface area contributed by atoms with Gasteiger partial charge in [-0.1, -0.05) is 28.1 Å². The minimum Gasteiger partial charge on any atom is -0.377 e. The van der Waals surface area contributed by atoms with Crippen molar-refractivity contribution in [2.45, 2.75) is 29.9 Å². The van der Waals surface area contributed by atoms with Crippen molar-refractivity contribution in [3.05, 3.63) is 34.3 Å². The molecule has 1 amide bonds. The van der Waals surface area contributed by atoms with Gasteiger partial charge in [0, 0.05) is 16.3 Å². The molecule has 18 heavy (non-hydrogen) atoms. The molecule has 3 atom stereocenters. The minimum absolute atomic E-state index is 0.184. The molecule has 1 aliphatic heterocycles. The molecular formula is C13H16BrNO2S. The average Bonchev–Trinajstić information content (AvgIpc) is 2.71. The van der Waals surface area contributed by atoms with Crippen LogP contribution in [0.4, 0.5) is 0 Å². The van der Waals surface area contributed by atoms with E-state index in [-0.39, 0.29) is 17.3 Å². The Morgan fingerprint density at radius 2 is 2.39 bits per heavy atom. The first-order chi connectivity index (χ1) is 8.58. The smallest absolute Gasteiger partial charge is 0.235 e. The van der Waals surface area contributed by atoms with Gasteiger partial charge < -0.3 is 10.5 Å². The second-order valence-corrected chi connectivity index (χ2v) is 6.64. The van der Waals surface area contributed by atoms with E-state index in [1.54, 1.807) is 11.8 Å². The molecule has 0 aliphatic carbocycles. The summed E-state index contributed by atoms with van der Waals surface area (Å²) in [7, 11) is 0. The Morgan fingerprint density at radius 1 is 1.61 bits per heavy atom. The van der Waals surface area contributed by atoms with Crippen LogP contribution >= 0.6 is 27.7 Å². The van der Waals surface area contributed by atoms with Crippen LogP contribution in [0.15, 0.2) is 28.7 Å². The number of benzene rings is 1. The molecule has 2 N–H and O–H groups in total. The van der Waals surface area contributed by atoms with Crippen molar-refractivity contribution in [3.8, 4) is 0 Å². The second kappa shape index (κ2) is 6.08. The van der Waals surface area contributed by atoms with Crippen LogP contribution in [0.5, 0.6) is 0 Å². The predicted octanol–water partition coefficient (Wildman–Crippen LogP) is 2.89. The van der Waals surface area contributed by atoms with E-state index in [4.69, 9.17) is 10.5 Å². The summed E-state index contributed by atoms with van der Waals surface area (Å²) in [5.74, 6) is -0.294. The standard InChI is InChI=1S/C13H16BrNO2S/c1-8-11(5-6-17-8)18-12(13(15)16)9-3-2-4-10(14)7-9/h2-4,7-8,11-12H,5-6H2,1H3,(H2,15,16)/t8-,11+,12+/m0/s1. The quantitative estimate of drug-likeness (QED) is 0.924. The van der Waals surface area contributed by atoms with Crippen LogP contribution in [0.3, 0.4) is 0 Å². The number of amides is 1. The average molecular weight is 330 g/mol. The molecule has 0 spiro atoms. The highest BCUT2D eigenvalue weighted by Gasteiger charge is 2.30. The molecule has 0 unspecified atom stereocenters. The molecule has 0 saturated carbocycles. The van der Waals surface area contributed by atoms with Crippen LogP contribution in [0.1, 0.15) is 24.2 Å². The van der Waals surface area contributed by atoms with E-state index in [0.29, 0.717) is 5.25 Å². The van der Waals surface area contributed by atoms with Gasteiger partial charge in [0.25, 0.3) is 0 Å². The fraction of sp³-hybridized carbons (Fsp3) is 0.462. The van der Waals surface area contributed by atoms with E-state index in [1.165, 1.54) is 0 Å². The van der Waals surface area contributed by atoms with E-state index < -0.39 is 0 Å². The van der Waals surface area contributed by atoms with Gasteiger partial charge >= 0.3 is 0 Å². The maximum atomic E-state index is 11.7. The molecule has 3 nitrogen and oxygen atoms in total. The monoisotopic (exact) mass is 329 g/mol. The minimum atomic E-state index is -0.309. The number of hydrogen-bond donors (Lipinski definition) is 1. The van der Waals surface area contributed by atoms with Gasteiger partial charge in [-0.25, -0.2) is 0 Å². The Hall–Kier alpha value is -0.520. The molecule has 2 rings (SSSR count). The lowest BCUT2D eigenvalue weighted by molar-refractivity contribution is -0.117. The first kappa shape index (κ1) is 13.9. The van der Waals surface area contributed by atoms with Crippen LogP contribution in [-0.2, 0) is 9.53 Å². The molecular weight excluding hydrogens is 314 g/mol. The largest absolute Gasteiger partial charge is 0.377 e. The van der Waals surface area contributed by atoms with E-state index >= 15 is 0 Å². The number of halogens is 1. The molecule has 98 valence electrons. The highest BCUT2D eigenvalue weighted by Crippen LogP contribution is 2.38. The number of nitrogens with two attached hydrogens (primary N) is 1. The van der Waals surface area contributed by atoms with Crippen LogP contribution in [0.25, 0.3) is 0 Å². The number of thioether (sulfide) groups is 1. The van der Waals surface area contributed by atoms with Crippen molar-refractivity contribution in [2.75, 3.05) is 6.61 Å². The van der Waals surface area contributed by atoms with Crippen molar-refractivity contribution >= 4 is 33.6 Å². The molecule has 5 heteroatoms. The van der Waals surface area contributed by atoms with Crippen molar-refractivity contribution in [1.29, 1.82) is 0 Å². The van der Waals surface area contributed by atoms with Gasteiger partial charge in [-0.2, -0.15) is 0 Å². The van der Waals surface area contributed by atoms with Gasteiger partial charge in [0.05, 0.1) is 6.10 Å². The number of ether oxygens (including phenoxy) is 1. The molecule has 0 bridgehead atoms. The molecule has 1 aromatic carbocycles. The van der Waals surface area contributed by atoms with Crippen molar-refractivity contribution in [2.24, 2.45) is 5.73 Å². The van der Waals surface area contributed by atoms with Crippen molar-refractivity contribution in [3.63, 3.8) is 0 Å². The molecule has 1 fully saturated rings. The van der Waals surface area contributed by atoms with E-state index in [0.717, 1.165) is 23.1 Å². The maximum absolute atomic E-state index is 11.7. The number of carbonyl (C=O) groups excluding carboxylic acids is 1. The van der Waals surface area contributed by atoms with Crippen molar-refractivity contribution < 1.29 is 9.53 Å². The van der Waals surface area contributed by atoms with Crippen LogP contribution in [0, 0.1) is 0 Å². The Morgan fingerprint density at radius 3 is 2.94 bits per heavy atom. The Kier molecular flexibility index (Phi) is 4.70. The molecule has 1 aliphatic rings. The Balaban J connectivity index is 2.16. The SMILES string of the molecule is C[C@@H]1OCC[C@H]1S[C@@H](C(N)=O)c1cccc(Br)c1. The summed E-state index contributed by atoms with van der Waals surface area (Å²) < 4.78 is 6.48. The van der Waals surface area contributed by atoms with Gasteiger partial charge in [0.1, 0.15) is 5.25 Å². The third-order valence-corrected chi connectivity index (χ3v) is 5.27. The maximum Gasteiger partial charge on any atom is 0.235 e. The summed E-state index contributed by atoms with van der Waals surface area (Å²) >= 11 is 5.03. The van der Waals surface area contributed by atoms with Crippen molar-refractivity contribution in [1.82, 2.24) is 0 Å². The van der Waals surface area contributed by atoms with Crippen LogP contribution in [0.2, 0.25) is 0 Å². The zero-order valence-electron chi connectivity index (χ0n) is 10.1. The highest BCUT2D eigenvalue weighted by molar-refractivity contribution is 9.10. The third-order valence-electron chi connectivity index (χ3n) is 3.03. The predicted molar refractivity (Wildman–Crippen MR) is 77.5 cm³/mol. The number of hydrogen-bond acceptors (Lipinski definition) is 3. The lowest BCUT2D eigenvalue weighted by Gasteiger charge is -2.20. The Bertz CT molecular complexity index is 441. The first-order valence-electron chi connectivity index (χ1n) is 5.90. The second-order valence-electron chi connectivity index (χ2n) is 4.38. The first-order valence-corrected chi connectivity index (χ1v) is 7.63. The van der Waals surface area contributed by atoms with Gasteiger partial charge in [-0.05, 0) is 31.0 Å². The lowest BCUT2D eigenvalue weighted by Crippen LogP contribution is -2.23. The number of primary amides is 1. The fourth-order valence-electron chi connectivity index (χ4n) is 2.05. The number of rotatable bonds is 4. The van der Waals surface area contributed by atoms with Gasteiger partial charge in [0.15, 0.2) is 0 Å². The zero-order chi connectivity index (χ0) is 13.1. The summed E-state index contributed by atoms with van der Waals surface area (Å²) in [5, 5.41) is 0.0260. The Labute approximate surface area is 120 Å². The molecule has 1 aromatic rings. The summed E-state index contributed by atoms with van der Waals surface area (Å²) in [6, 6.07) is 7.74. The van der Waals surface area contributed by atoms with Crippen LogP contribution in [-0.4, -0.2) is 23.9 Å². The van der Waals surface area contributed by atoms with Gasteiger partial charge in [-0.15, -0.1) is 11.8 Å². The summed E-state index contributed by atoms with van der Waals surface area (Å²) in [5.41, 5.74) is 6.47. The molecule has 1 saturated heterocycles. The fourth-order valence-corrected chi connectivity index (χ4v) is 3.78. The van der Waals surface area contributed by atoms with Crippen LogP contribution < -0.4 is 5.73 Å². The van der Waals surface area contributed by atoms with E-state index in [2.05, 4.69) is 15.9 Å². The summed E-state index contributed by atoms with van der Waals surface area (Å²) in [4.78, 5) is 11.7. The van der Waals surface area contributed by atoms with Gasteiger partial charge in [0.2, 0.25) is 5.91 Å². The highest BCUT2D eigenvalue weighted by atomic mass is 79.9. The van der Waals surface area contributed by atoms with E-state index in [1.807, 2.05) is 31.2 Å². The normalized spacial score (nSPS) is 25.0. The molecule has 0 radical (unpaired) electrons. The number of carbonyl (C=O) groups is 1. The summed E-state index contributed by atoms with van der Waals surface area (Å²) in [6.07, 6.45) is 1.16. The van der Waals surface area contributed by atoms with Gasteiger partial charge in [-0.3, -0.25) is 4.79 Å². The zero-order valence-corrected chi connectivity index (χ0v) is 12.5. The summed E-state index contributed by atoms with van der Waals surface area (Å²) in [6.45, 7) is 2.81. The topological polar surface area (TPSA) is 52.3 Å². The molecule has 0 aromatic heterocycles. The third kappa shape index (κ3) is 3.28. The molecule has 1 heterocycles.